The van der Waals surface area contributed by atoms with Crippen molar-refractivity contribution in [3.63, 3.8) is 0 Å². The molecule has 3 aromatic carbocycles. The van der Waals surface area contributed by atoms with Gasteiger partial charge in [-0.15, -0.1) is 0 Å². The quantitative estimate of drug-likeness (QED) is 0.166. The molecular formula is C27H25N3O7. The number of ketones is 1. The molecule has 3 aromatic rings. The molecule has 0 bridgehead atoms. The summed E-state index contributed by atoms with van der Waals surface area (Å²) in [7, 11) is 6.69. The number of ether oxygens (including phenoxy) is 2. The van der Waals surface area contributed by atoms with E-state index in [1.165, 1.54) is 37.3 Å². The van der Waals surface area contributed by atoms with Gasteiger partial charge in [-0.3, -0.25) is 24.6 Å². The molecule has 10 nitrogen and oxygen atoms in total. The first kappa shape index (κ1) is 25.2. The number of amides is 1. The maximum absolute atomic E-state index is 13.4. The number of carbonyl (C=O) groups excluding carboxylic acids is 2. The molecule has 1 fully saturated rings. The Morgan fingerprint density at radius 3 is 2.14 bits per heavy atom. The van der Waals surface area contributed by atoms with Gasteiger partial charge in [0.15, 0.2) is 0 Å². The van der Waals surface area contributed by atoms with Crippen molar-refractivity contribution < 1.29 is 29.1 Å². The van der Waals surface area contributed by atoms with Gasteiger partial charge in [0.25, 0.3) is 17.4 Å². The number of nitro benzene ring substituents is 1. The van der Waals surface area contributed by atoms with Crippen LogP contribution >= 0.6 is 0 Å². The third kappa shape index (κ3) is 4.68. The monoisotopic (exact) mass is 503 g/mol. The van der Waals surface area contributed by atoms with Crippen LogP contribution in [0, 0.1) is 10.1 Å². The number of hydrogen-bond donors (Lipinski definition) is 1. The van der Waals surface area contributed by atoms with Crippen LogP contribution in [0.4, 0.5) is 17.1 Å². The van der Waals surface area contributed by atoms with E-state index in [0.29, 0.717) is 22.7 Å². The zero-order valence-electron chi connectivity index (χ0n) is 20.7. The highest BCUT2D eigenvalue weighted by atomic mass is 16.6. The third-order valence-electron chi connectivity index (χ3n) is 6.11. The summed E-state index contributed by atoms with van der Waals surface area (Å²) in [6.07, 6.45) is 0. The molecule has 0 spiro atoms. The molecule has 1 unspecified atom stereocenters. The van der Waals surface area contributed by atoms with E-state index < -0.39 is 28.4 Å². The molecule has 0 radical (unpaired) electrons. The first-order valence-electron chi connectivity index (χ1n) is 11.2. The molecule has 190 valence electrons. The Morgan fingerprint density at radius 2 is 1.59 bits per heavy atom. The highest BCUT2D eigenvalue weighted by Crippen LogP contribution is 2.44. The fraction of sp³-hybridized carbons (Fsp3) is 0.185. The van der Waals surface area contributed by atoms with Crippen molar-refractivity contribution >= 4 is 34.5 Å². The summed E-state index contributed by atoms with van der Waals surface area (Å²) in [4.78, 5) is 40.7. The predicted molar refractivity (Wildman–Crippen MR) is 138 cm³/mol. The molecule has 1 amide bonds. The molecule has 10 heteroatoms. The zero-order chi connectivity index (χ0) is 26.9. The molecule has 0 saturated carbocycles. The number of benzene rings is 3. The first-order chi connectivity index (χ1) is 17.7. The lowest BCUT2D eigenvalue weighted by Crippen LogP contribution is -2.29. The Kier molecular flexibility index (Phi) is 6.83. The second-order valence-electron chi connectivity index (χ2n) is 8.53. The van der Waals surface area contributed by atoms with E-state index in [9.17, 15) is 24.8 Å². The van der Waals surface area contributed by atoms with Crippen molar-refractivity contribution in [1.29, 1.82) is 0 Å². The van der Waals surface area contributed by atoms with Crippen LogP contribution in [0.2, 0.25) is 0 Å². The van der Waals surface area contributed by atoms with Crippen LogP contribution < -0.4 is 19.3 Å². The summed E-state index contributed by atoms with van der Waals surface area (Å²) in [5, 5.41) is 22.6. The topological polar surface area (TPSA) is 122 Å². The van der Waals surface area contributed by atoms with E-state index in [-0.39, 0.29) is 16.8 Å². The SMILES string of the molecule is COc1cc(OC)cc(N2C(=O)C(=O)/C(=C(\O)c3cccc([N+](=O)[O-])c3)C2c2ccc(N(C)C)cc2)c1. The highest BCUT2D eigenvalue weighted by Gasteiger charge is 2.47. The van der Waals surface area contributed by atoms with Crippen molar-refractivity contribution in [3.8, 4) is 11.5 Å². The molecule has 37 heavy (non-hydrogen) atoms. The average Bonchev–Trinajstić information content (AvgIpc) is 3.17. The molecular weight excluding hydrogens is 478 g/mol. The van der Waals surface area contributed by atoms with E-state index in [1.54, 1.807) is 30.3 Å². The summed E-state index contributed by atoms with van der Waals surface area (Å²) < 4.78 is 10.7. The van der Waals surface area contributed by atoms with E-state index in [0.717, 1.165) is 11.8 Å². The molecule has 0 aromatic heterocycles. The molecule has 1 aliphatic rings. The molecule has 1 heterocycles. The number of nitrogens with zero attached hydrogens (tertiary/aromatic N) is 3. The predicted octanol–water partition coefficient (Wildman–Crippen LogP) is 4.30. The van der Waals surface area contributed by atoms with Crippen molar-refractivity contribution in [2.24, 2.45) is 0 Å². The summed E-state index contributed by atoms with van der Waals surface area (Å²) in [6, 6.07) is 16.2. The van der Waals surface area contributed by atoms with E-state index in [2.05, 4.69) is 0 Å². The third-order valence-corrected chi connectivity index (χ3v) is 6.11. The Hall–Kier alpha value is -4.86. The maximum atomic E-state index is 13.4. The standard InChI is InChI=1S/C27H25N3O7/c1-28(2)18-10-8-16(9-11-18)24-23(25(31)17-6-5-7-19(12-17)30(34)35)26(32)27(33)29(24)20-13-21(36-3)15-22(14-20)37-4/h5-15,24,31H,1-4H3/b25-23-. The Morgan fingerprint density at radius 1 is 0.973 bits per heavy atom. The number of rotatable bonds is 7. The maximum Gasteiger partial charge on any atom is 0.300 e. The van der Waals surface area contributed by atoms with Crippen LogP contribution in [0.1, 0.15) is 17.2 Å². The highest BCUT2D eigenvalue weighted by molar-refractivity contribution is 6.51. The van der Waals surface area contributed by atoms with Gasteiger partial charge in [-0.05, 0) is 17.7 Å². The summed E-state index contributed by atoms with van der Waals surface area (Å²) in [6.45, 7) is 0. The van der Waals surface area contributed by atoms with Crippen molar-refractivity contribution in [2.75, 3.05) is 38.1 Å². The van der Waals surface area contributed by atoms with E-state index >= 15 is 0 Å². The fourth-order valence-electron chi connectivity index (χ4n) is 4.22. The second kappa shape index (κ2) is 10.0. The van der Waals surface area contributed by atoms with Crippen LogP contribution in [-0.2, 0) is 9.59 Å². The van der Waals surface area contributed by atoms with Crippen LogP contribution in [0.25, 0.3) is 5.76 Å². The number of aliphatic hydroxyl groups excluding tert-OH is 1. The van der Waals surface area contributed by atoms with Gasteiger partial charge < -0.3 is 19.5 Å². The Labute approximate surface area is 213 Å². The van der Waals surface area contributed by atoms with Gasteiger partial charge in [0.1, 0.15) is 17.3 Å². The van der Waals surface area contributed by atoms with Gasteiger partial charge >= 0.3 is 0 Å². The number of methoxy groups -OCH3 is 2. The number of nitro groups is 1. The van der Waals surface area contributed by atoms with Gasteiger partial charge in [-0.25, -0.2) is 0 Å². The summed E-state index contributed by atoms with van der Waals surface area (Å²) >= 11 is 0. The number of aliphatic hydroxyl groups is 1. The van der Waals surface area contributed by atoms with Gasteiger partial charge in [0.05, 0.1) is 36.4 Å². The largest absolute Gasteiger partial charge is 0.507 e. The number of non-ortho nitro benzene ring substituents is 1. The van der Waals surface area contributed by atoms with Crippen LogP contribution in [0.3, 0.4) is 0 Å². The lowest BCUT2D eigenvalue weighted by atomic mass is 9.94. The minimum Gasteiger partial charge on any atom is -0.507 e. The molecule has 1 atom stereocenters. The Bertz CT molecular complexity index is 1390. The fourth-order valence-corrected chi connectivity index (χ4v) is 4.22. The number of carbonyl (C=O) groups is 2. The lowest BCUT2D eigenvalue weighted by Gasteiger charge is -2.26. The minimum absolute atomic E-state index is 0.0466. The van der Waals surface area contributed by atoms with Crippen molar-refractivity contribution in [2.45, 2.75) is 6.04 Å². The van der Waals surface area contributed by atoms with Gasteiger partial charge in [0, 0.05) is 55.7 Å². The zero-order valence-corrected chi connectivity index (χ0v) is 20.7. The lowest BCUT2D eigenvalue weighted by molar-refractivity contribution is -0.384. The van der Waals surface area contributed by atoms with Crippen LogP contribution in [0.5, 0.6) is 11.5 Å². The summed E-state index contributed by atoms with van der Waals surface area (Å²) in [5.74, 6) is -1.51. The van der Waals surface area contributed by atoms with Gasteiger partial charge in [-0.2, -0.15) is 0 Å². The normalized spacial score (nSPS) is 16.5. The molecule has 1 N–H and O–H groups in total. The summed E-state index contributed by atoms with van der Waals surface area (Å²) in [5.41, 5.74) is 1.36. The second-order valence-corrected chi connectivity index (χ2v) is 8.53. The average molecular weight is 504 g/mol. The number of anilines is 2. The van der Waals surface area contributed by atoms with E-state index in [4.69, 9.17) is 9.47 Å². The number of hydrogen-bond acceptors (Lipinski definition) is 8. The number of Topliss-reactive ketones (excluding diaryl/α,β-unsaturated/α-hetero) is 1. The van der Waals surface area contributed by atoms with Crippen molar-refractivity contribution in [3.05, 3.63) is 93.5 Å². The van der Waals surface area contributed by atoms with Gasteiger partial charge in [0.2, 0.25) is 0 Å². The molecule has 0 aliphatic carbocycles. The Balaban J connectivity index is 1.96. The minimum atomic E-state index is -1.02. The molecule has 4 rings (SSSR count). The first-order valence-corrected chi connectivity index (χ1v) is 11.2. The molecule has 1 aliphatic heterocycles. The van der Waals surface area contributed by atoms with Gasteiger partial charge in [-0.1, -0.05) is 24.3 Å². The van der Waals surface area contributed by atoms with Crippen LogP contribution in [0.15, 0.2) is 72.3 Å². The van der Waals surface area contributed by atoms with Crippen LogP contribution in [-0.4, -0.2) is 50.0 Å². The molecule has 1 saturated heterocycles. The van der Waals surface area contributed by atoms with Crippen molar-refractivity contribution in [1.82, 2.24) is 0 Å². The smallest absolute Gasteiger partial charge is 0.300 e. The van der Waals surface area contributed by atoms with E-state index in [1.807, 2.05) is 31.1 Å².